The summed E-state index contributed by atoms with van der Waals surface area (Å²) in [4.78, 5) is 26.6. The Labute approximate surface area is 306 Å². The van der Waals surface area contributed by atoms with Crippen LogP contribution in [0.25, 0.3) is 0 Å². The number of hydrogen-bond donors (Lipinski definition) is 2. The zero-order valence-corrected chi connectivity index (χ0v) is 36.7. The molecule has 0 radical (unpaired) electrons. The number of carbonyl (C=O) groups is 2. The molecule has 3 atom stereocenters. The van der Waals surface area contributed by atoms with Crippen molar-refractivity contribution in [2.75, 3.05) is 6.61 Å². The Morgan fingerprint density at radius 3 is 1.74 bits per heavy atom. The van der Waals surface area contributed by atoms with Crippen LogP contribution >= 0.6 is 0 Å². The molecule has 0 aromatic heterocycles. The fourth-order valence-corrected chi connectivity index (χ4v) is 8.35. The summed E-state index contributed by atoms with van der Waals surface area (Å²) >= 11 is 0. The molecule has 0 heterocycles. The number of carboxylic acid groups (broad SMARTS) is 1. The van der Waals surface area contributed by atoms with Gasteiger partial charge in [0.05, 0.1) is 36.8 Å². The fourth-order valence-electron chi connectivity index (χ4n) is 4.59. The highest BCUT2D eigenvalue weighted by Crippen LogP contribution is 2.41. The second-order valence-corrected chi connectivity index (χ2v) is 32.5. The largest absolute Gasteiger partial charge is 0.488 e. The smallest absolute Gasteiger partial charge is 0.305 e. The van der Waals surface area contributed by atoms with Crippen LogP contribution in [0.1, 0.15) is 91.1 Å². The van der Waals surface area contributed by atoms with Crippen molar-refractivity contribution in [2.24, 2.45) is 0 Å². The van der Waals surface area contributed by atoms with E-state index in [1.807, 2.05) is 42.5 Å². The van der Waals surface area contributed by atoms with Crippen molar-refractivity contribution in [3.05, 3.63) is 65.7 Å². The normalized spacial score (nSPS) is 15.3. The Balaban J connectivity index is 2.63. The van der Waals surface area contributed by atoms with Gasteiger partial charge in [0.2, 0.25) is 0 Å². The highest BCUT2D eigenvalue weighted by molar-refractivity contribution is 6.75. The summed E-state index contributed by atoms with van der Waals surface area (Å²) in [6, 6.07) is 16.5. The predicted molar refractivity (Wildman–Crippen MR) is 213 cm³/mol. The number of para-hydroxylation sites is 1. The van der Waals surface area contributed by atoms with E-state index < -0.39 is 49.2 Å². The molecule has 0 spiro atoms. The van der Waals surface area contributed by atoms with Gasteiger partial charge in [-0.2, -0.15) is 0 Å². The van der Waals surface area contributed by atoms with Crippen molar-refractivity contribution in [2.45, 2.75) is 154 Å². The molecule has 282 valence electrons. The van der Waals surface area contributed by atoms with Gasteiger partial charge in [-0.3, -0.25) is 9.59 Å². The number of ether oxygens (including phenoxy) is 1. The molecule has 0 fully saturated rings. The van der Waals surface area contributed by atoms with Gasteiger partial charge in [0.15, 0.2) is 25.0 Å². The molecule has 2 aromatic carbocycles. The zero-order valence-electron chi connectivity index (χ0n) is 33.7. The van der Waals surface area contributed by atoms with Crippen molar-refractivity contribution in [3.63, 3.8) is 0 Å². The van der Waals surface area contributed by atoms with Gasteiger partial charge in [0, 0.05) is 0 Å². The Morgan fingerprint density at radius 2 is 1.22 bits per heavy atom. The van der Waals surface area contributed by atoms with Crippen LogP contribution in [0.5, 0.6) is 5.75 Å². The number of hydrogen-bond acceptors (Lipinski definition) is 6. The molecule has 8 nitrogen and oxygen atoms in total. The quantitative estimate of drug-likeness (QED) is 0.155. The van der Waals surface area contributed by atoms with Crippen molar-refractivity contribution in [1.82, 2.24) is 5.32 Å². The summed E-state index contributed by atoms with van der Waals surface area (Å²) in [6.45, 7) is 33.1. The van der Waals surface area contributed by atoms with Crippen molar-refractivity contribution in [3.8, 4) is 5.75 Å². The van der Waals surface area contributed by atoms with Crippen molar-refractivity contribution < 1.29 is 32.7 Å². The lowest BCUT2D eigenvalue weighted by Crippen LogP contribution is -2.56. The summed E-state index contributed by atoms with van der Waals surface area (Å²) in [5.74, 6) is -0.756. The number of rotatable bonds is 17. The number of benzene rings is 2. The molecule has 2 rings (SSSR count). The molecule has 0 aliphatic rings. The van der Waals surface area contributed by atoms with Gasteiger partial charge in [-0.25, -0.2) is 0 Å². The van der Waals surface area contributed by atoms with Gasteiger partial charge in [0.1, 0.15) is 12.4 Å². The maximum absolute atomic E-state index is 14.3. The van der Waals surface area contributed by atoms with E-state index in [4.69, 9.17) is 18.0 Å². The number of nitrogens with one attached hydrogen (secondary N) is 1. The standard InChI is InChI=1S/C39H67NO7Si3/c1-37(2,3)48(10,11)45-28-32(40-36(43)31-23-19-20-24-33(31)44-27-29-21-17-16-18-22-29)34(47-50(14,15)39(7,8)9)25-30(26-35(41)42)46-49(12,13)38(4,5)6/h16-24,30,32,34H,25-28H2,1-15H3,(H,40,43)(H,41,42)/t30-,32+,34+/m1/s1. The van der Waals surface area contributed by atoms with Crippen LogP contribution in [0.15, 0.2) is 54.6 Å². The molecule has 2 N–H and O–H groups in total. The van der Waals surface area contributed by atoms with Crippen LogP contribution in [0.3, 0.4) is 0 Å². The molecule has 0 aliphatic heterocycles. The molecule has 0 saturated heterocycles. The maximum atomic E-state index is 14.3. The third kappa shape index (κ3) is 12.7. The van der Waals surface area contributed by atoms with Crippen LogP contribution in [-0.2, 0) is 24.7 Å². The van der Waals surface area contributed by atoms with Gasteiger partial charge in [-0.15, -0.1) is 0 Å². The Kier molecular flexibility index (Phi) is 14.9. The molecule has 2 aromatic rings. The van der Waals surface area contributed by atoms with Crippen LogP contribution in [0.2, 0.25) is 54.4 Å². The second-order valence-electron chi connectivity index (χ2n) is 18.2. The average molecular weight is 746 g/mol. The van der Waals surface area contributed by atoms with E-state index in [-0.39, 0.29) is 34.0 Å². The third-order valence-corrected chi connectivity index (χ3v) is 24.5. The monoisotopic (exact) mass is 745 g/mol. The first-order valence-electron chi connectivity index (χ1n) is 17.9. The Hall–Kier alpha value is -2.29. The maximum Gasteiger partial charge on any atom is 0.305 e. The van der Waals surface area contributed by atoms with Gasteiger partial charge >= 0.3 is 5.97 Å². The average Bonchev–Trinajstić information content (AvgIpc) is 2.96. The van der Waals surface area contributed by atoms with Crippen LogP contribution in [-0.4, -0.2) is 66.8 Å². The molecule has 11 heteroatoms. The van der Waals surface area contributed by atoms with Gasteiger partial charge < -0.3 is 28.4 Å². The predicted octanol–water partition coefficient (Wildman–Crippen LogP) is 10.0. The van der Waals surface area contributed by atoms with Crippen molar-refractivity contribution >= 4 is 36.8 Å². The van der Waals surface area contributed by atoms with E-state index in [9.17, 15) is 14.7 Å². The number of aliphatic carboxylic acids is 1. The van der Waals surface area contributed by atoms with E-state index in [2.05, 4.69) is 107 Å². The third-order valence-electron chi connectivity index (χ3n) is 11.0. The van der Waals surface area contributed by atoms with Crippen LogP contribution in [0, 0.1) is 0 Å². The topological polar surface area (TPSA) is 103 Å². The van der Waals surface area contributed by atoms with E-state index in [1.165, 1.54) is 0 Å². The van der Waals surface area contributed by atoms with E-state index in [0.29, 0.717) is 24.3 Å². The van der Waals surface area contributed by atoms with Gasteiger partial charge in [-0.05, 0) is 78.5 Å². The Morgan fingerprint density at radius 1 is 0.720 bits per heavy atom. The first kappa shape index (κ1) is 43.9. The lowest BCUT2D eigenvalue weighted by molar-refractivity contribution is -0.139. The molecule has 0 aliphatic carbocycles. The van der Waals surface area contributed by atoms with E-state index in [1.54, 1.807) is 12.1 Å². The highest BCUT2D eigenvalue weighted by Gasteiger charge is 2.45. The first-order chi connectivity index (χ1) is 22.7. The molecule has 50 heavy (non-hydrogen) atoms. The molecular weight excluding hydrogens is 679 g/mol. The number of amides is 1. The highest BCUT2D eigenvalue weighted by atomic mass is 28.4. The summed E-state index contributed by atoms with van der Waals surface area (Å²) < 4.78 is 27.0. The minimum absolute atomic E-state index is 0.0630. The first-order valence-corrected chi connectivity index (χ1v) is 26.7. The number of carboxylic acids is 1. The minimum Gasteiger partial charge on any atom is -0.488 e. The van der Waals surface area contributed by atoms with E-state index >= 15 is 0 Å². The van der Waals surface area contributed by atoms with Crippen LogP contribution in [0.4, 0.5) is 0 Å². The summed E-state index contributed by atoms with van der Waals surface area (Å²) in [7, 11) is -7.09. The van der Waals surface area contributed by atoms with Gasteiger partial charge in [0.25, 0.3) is 5.91 Å². The molecule has 0 bridgehead atoms. The fraction of sp³-hybridized carbons (Fsp3) is 0.641. The lowest BCUT2D eigenvalue weighted by Gasteiger charge is -2.45. The molecule has 1 amide bonds. The molecule has 0 saturated carbocycles. The summed E-state index contributed by atoms with van der Waals surface area (Å²) in [6.07, 6.45) is -1.05. The summed E-state index contributed by atoms with van der Waals surface area (Å²) in [5, 5.41) is 13.0. The lowest BCUT2D eigenvalue weighted by atomic mass is 10.0. The zero-order chi connectivity index (χ0) is 38.3. The summed E-state index contributed by atoms with van der Waals surface area (Å²) in [5.41, 5.74) is 1.41. The number of carbonyl (C=O) groups excluding carboxylic acids is 1. The molecule has 0 unspecified atom stereocenters. The SMILES string of the molecule is CC(C)(C)[Si](C)(C)OC[C@H](NC(=O)c1ccccc1OCc1ccccc1)[C@H](C[C@H](CC(=O)O)O[Si](C)(C)C(C)(C)C)O[Si](C)(C)C(C)(C)C. The minimum atomic E-state index is -2.45. The second kappa shape index (κ2) is 17.0. The van der Waals surface area contributed by atoms with E-state index in [0.717, 1.165) is 5.56 Å². The van der Waals surface area contributed by atoms with Crippen LogP contribution < -0.4 is 10.1 Å². The van der Waals surface area contributed by atoms with Gasteiger partial charge in [-0.1, -0.05) is 105 Å². The Bertz CT molecular complexity index is 1390. The van der Waals surface area contributed by atoms with Crippen molar-refractivity contribution in [1.29, 1.82) is 0 Å². The molecular formula is C39H67NO7Si3.